The Kier molecular flexibility index (Phi) is 7.78. The molecule has 0 radical (unpaired) electrons. The van der Waals surface area contributed by atoms with Crippen LogP contribution < -0.4 is 0 Å². The number of carboxylic acids is 1. The highest BCUT2D eigenvalue weighted by Gasteiger charge is 2.07. The molecule has 2 N–H and O–H groups in total. The van der Waals surface area contributed by atoms with Crippen LogP contribution in [0.5, 0.6) is 0 Å². The van der Waals surface area contributed by atoms with Gasteiger partial charge >= 0.3 is 5.97 Å². The van der Waals surface area contributed by atoms with Gasteiger partial charge in [-0.1, -0.05) is 39.0 Å². The number of carboxylic acid groups (broad SMARTS) is 1. The van der Waals surface area contributed by atoms with Gasteiger partial charge in [0.05, 0.1) is 5.57 Å². The molecule has 0 atom stereocenters. The fraction of sp³-hybridized carbons (Fsp3) is 0.750. The quantitative estimate of drug-likeness (QED) is 0.368. The van der Waals surface area contributed by atoms with Crippen molar-refractivity contribution < 1.29 is 15.0 Å². The second-order valence-electron chi connectivity index (χ2n) is 3.89. The van der Waals surface area contributed by atoms with Gasteiger partial charge in [0.25, 0.3) is 0 Å². The minimum atomic E-state index is -1.03. The number of unbranched alkanes of at least 4 members (excludes halogenated alkanes) is 5. The van der Waals surface area contributed by atoms with E-state index in [4.69, 9.17) is 5.11 Å². The summed E-state index contributed by atoms with van der Waals surface area (Å²) in [6, 6.07) is 0. The van der Waals surface area contributed by atoms with Gasteiger partial charge in [0.2, 0.25) is 0 Å². The van der Waals surface area contributed by atoms with Crippen LogP contribution in [0.2, 0.25) is 0 Å². The standard InChI is InChI=1S/C12H22O3/c1-3-4-5-6-7-8-9-11(13)10(2)12(14)15/h13H,3-9H2,1-2H3,(H,14,15)/b11-10+. The highest BCUT2D eigenvalue weighted by molar-refractivity contribution is 5.86. The second-order valence-corrected chi connectivity index (χ2v) is 3.89. The van der Waals surface area contributed by atoms with Crippen molar-refractivity contribution >= 4 is 5.97 Å². The lowest BCUT2D eigenvalue weighted by molar-refractivity contribution is -0.132. The van der Waals surface area contributed by atoms with Crippen LogP contribution in [0, 0.1) is 0 Å². The van der Waals surface area contributed by atoms with Gasteiger partial charge in [-0.15, -0.1) is 0 Å². The van der Waals surface area contributed by atoms with Crippen LogP contribution in [0.3, 0.4) is 0 Å². The van der Waals surface area contributed by atoms with Crippen LogP contribution in [0.4, 0.5) is 0 Å². The van der Waals surface area contributed by atoms with Crippen LogP contribution in [0.25, 0.3) is 0 Å². The normalized spacial score (nSPS) is 12.4. The predicted molar refractivity (Wildman–Crippen MR) is 61.0 cm³/mol. The van der Waals surface area contributed by atoms with E-state index in [-0.39, 0.29) is 11.3 Å². The van der Waals surface area contributed by atoms with E-state index in [1.165, 1.54) is 32.6 Å². The highest BCUT2D eigenvalue weighted by Crippen LogP contribution is 2.12. The van der Waals surface area contributed by atoms with Crippen molar-refractivity contribution in [2.45, 2.75) is 58.8 Å². The monoisotopic (exact) mass is 214 g/mol. The average Bonchev–Trinajstić information content (AvgIpc) is 2.21. The zero-order valence-electron chi connectivity index (χ0n) is 9.75. The summed E-state index contributed by atoms with van der Waals surface area (Å²) in [7, 11) is 0. The molecular weight excluding hydrogens is 192 g/mol. The topological polar surface area (TPSA) is 57.5 Å². The van der Waals surface area contributed by atoms with Crippen molar-refractivity contribution in [2.24, 2.45) is 0 Å². The first-order valence-electron chi connectivity index (χ1n) is 5.71. The van der Waals surface area contributed by atoms with Gasteiger partial charge in [-0.2, -0.15) is 0 Å². The summed E-state index contributed by atoms with van der Waals surface area (Å²) in [6.07, 6.45) is 7.33. The molecule has 0 aliphatic rings. The molecule has 3 heteroatoms. The smallest absolute Gasteiger partial charge is 0.334 e. The van der Waals surface area contributed by atoms with Crippen LogP contribution in [0.15, 0.2) is 11.3 Å². The Bertz CT molecular complexity index is 219. The Labute approximate surface area is 91.8 Å². The molecule has 0 bridgehead atoms. The van der Waals surface area contributed by atoms with Crippen LogP contribution >= 0.6 is 0 Å². The lowest BCUT2D eigenvalue weighted by Gasteiger charge is -2.03. The van der Waals surface area contributed by atoms with E-state index in [1.807, 2.05) is 0 Å². The third-order valence-electron chi connectivity index (χ3n) is 2.52. The van der Waals surface area contributed by atoms with E-state index >= 15 is 0 Å². The number of aliphatic hydroxyl groups is 1. The molecule has 3 nitrogen and oxygen atoms in total. The molecule has 0 unspecified atom stereocenters. The number of hydrogen-bond acceptors (Lipinski definition) is 2. The molecule has 88 valence electrons. The lowest BCUT2D eigenvalue weighted by atomic mass is 10.1. The largest absolute Gasteiger partial charge is 0.512 e. The van der Waals surface area contributed by atoms with Crippen LogP contribution in [-0.4, -0.2) is 16.2 Å². The second kappa shape index (κ2) is 8.33. The fourth-order valence-corrected chi connectivity index (χ4v) is 1.38. The summed E-state index contributed by atoms with van der Waals surface area (Å²) in [5.41, 5.74) is 0.0727. The number of allylic oxidation sites excluding steroid dienone is 1. The van der Waals surface area contributed by atoms with Gasteiger partial charge in [-0.25, -0.2) is 4.79 Å². The Balaban J connectivity index is 3.59. The zero-order valence-corrected chi connectivity index (χ0v) is 9.75. The first-order chi connectivity index (χ1) is 7.09. The molecule has 0 aromatic carbocycles. The summed E-state index contributed by atoms with van der Waals surface area (Å²) >= 11 is 0. The van der Waals surface area contributed by atoms with E-state index in [0.29, 0.717) is 6.42 Å². The highest BCUT2D eigenvalue weighted by atomic mass is 16.4. The predicted octanol–water partition coefficient (Wildman–Crippen LogP) is 3.65. The van der Waals surface area contributed by atoms with Crippen molar-refractivity contribution in [3.8, 4) is 0 Å². The maximum absolute atomic E-state index is 10.5. The summed E-state index contributed by atoms with van der Waals surface area (Å²) in [5.74, 6) is -1.00. The molecule has 0 amide bonds. The van der Waals surface area contributed by atoms with Crippen molar-refractivity contribution in [3.05, 3.63) is 11.3 Å². The average molecular weight is 214 g/mol. The molecule has 0 fully saturated rings. The van der Waals surface area contributed by atoms with E-state index < -0.39 is 5.97 Å². The summed E-state index contributed by atoms with van der Waals surface area (Å²) in [4.78, 5) is 10.5. The van der Waals surface area contributed by atoms with Gasteiger partial charge in [-0.05, 0) is 13.3 Å². The molecule has 0 aliphatic carbocycles. The fourth-order valence-electron chi connectivity index (χ4n) is 1.38. The van der Waals surface area contributed by atoms with Gasteiger partial charge < -0.3 is 10.2 Å². The number of aliphatic hydroxyl groups excluding tert-OH is 1. The third-order valence-corrected chi connectivity index (χ3v) is 2.52. The zero-order chi connectivity index (χ0) is 11.7. The van der Waals surface area contributed by atoms with Crippen LogP contribution in [0.1, 0.15) is 58.8 Å². The lowest BCUT2D eigenvalue weighted by Crippen LogP contribution is -2.01. The Morgan fingerprint density at radius 2 is 1.53 bits per heavy atom. The minimum absolute atomic E-state index is 0.0259. The molecule has 0 aromatic rings. The summed E-state index contributed by atoms with van der Waals surface area (Å²) < 4.78 is 0. The maximum Gasteiger partial charge on any atom is 0.334 e. The van der Waals surface area contributed by atoms with Crippen molar-refractivity contribution in [1.29, 1.82) is 0 Å². The molecule has 0 spiro atoms. The summed E-state index contributed by atoms with van der Waals surface area (Å²) in [5, 5.41) is 18.0. The SMILES string of the molecule is CCCCCCCC/C(O)=C(/C)C(=O)O. The first-order valence-corrected chi connectivity index (χ1v) is 5.71. The molecule has 0 rings (SSSR count). The van der Waals surface area contributed by atoms with Crippen LogP contribution in [-0.2, 0) is 4.79 Å². The Hall–Kier alpha value is -0.990. The van der Waals surface area contributed by atoms with E-state index in [1.54, 1.807) is 0 Å². The first kappa shape index (κ1) is 14.0. The number of hydrogen-bond donors (Lipinski definition) is 2. The molecular formula is C12H22O3. The minimum Gasteiger partial charge on any atom is -0.512 e. The van der Waals surface area contributed by atoms with Crippen molar-refractivity contribution in [3.63, 3.8) is 0 Å². The van der Waals surface area contributed by atoms with Crippen molar-refractivity contribution in [2.75, 3.05) is 0 Å². The molecule has 0 aliphatic heterocycles. The number of aliphatic carboxylic acids is 1. The van der Waals surface area contributed by atoms with E-state index in [0.717, 1.165) is 12.8 Å². The molecule has 15 heavy (non-hydrogen) atoms. The van der Waals surface area contributed by atoms with E-state index in [9.17, 15) is 9.90 Å². The number of carbonyl (C=O) groups is 1. The van der Waals surface area contributed by atoms with Crippen molar-refractivity contribution in [1.82, 2.24) is 0 Å². The van der Waals surface area contributed by atoms with Gasteiger partial charge in [0.15, 0.2) is 0 Å². The number of rotatable bonds is 8. The Morgan fingerprint density at radius 1 is 1.00 bits per heavy atom. The van der Waals surface area contributed by atoms with Gasteiger partial charge in [0.1, 0.15) is 5.76 Å². The Morgan fingerprint density at radius 3 is 2.07 bits per heavy atom. The summed E-state index contributed by atoms with van der Waals surface area (Å²) in [6.45, 7) is 3.61. The van der Waals surface area contributed by atoms with E-state index in [2.05, 4.69) is 6.92 Å². The third kappa shape index (κ3) is 7.00. The molecule has 0 saturated carbocycles. The molecule has 0 aromatic heterocycles. The molecule has 0 heterocycles. The van der Waals surface area contributed by atoms with Gasteiger partial charge in [0, 0.05) is 6.42 Å². The molecule has 0 saturated heterocycles. The van der Waals surface area contributed by atoms with Gasteiger partial charge in [-0.3, -0.25) is 0 Å². The maximum atomic E-state index is 10.5.